The van der Waals surface area contributed by atoms with Crippen LogP contribution >= 0.6 is 15.9 Å². The van der Waals surface area contributed by atoms with Gasteiger partial charge in [0.15, 0.2) is 0 Å². The van der Waals surface area contributed by atoms with Gasteiger partial charge in [0.05, 0.1) is 10.9 Å². The molecule has 0 unspecified atom stereocenters. The monoisotopic (exact) mass is 353 g/mol. The Labute approximate surface area is 131 Å². The lowest BCUT2D eigenvalue weighted by Crippen LogP contribution is -2.25. The van der Waals surface area contributed by atoms with Crippen molar-refractivity contribution in [3.8, 4) is 0 Å². The van der Waals surface area contributed by atoms with Gasteiger partial charge in [-0.3, -0.25) is 4.57 Å². The van der Waals surface area contributed by atoms with Crippen molar-refractivity contribution in [3.63, 3.8) is 0 Å². The van der Waals surface area contributed by atoms with E-state index in [9.17, 15) is 9.59 Å². The van der Waals surface area contributed by atoms with Gasteiger partial charge in [-0.2, -0.15) is 0 Å². The number of alkyl halides is 1. The first-order valence-corrected chi connectivity index (χ1v) is 8.52. The summed E-state index contributed by atoms with van der Waals surface area (Å²) >= 11 is 3.39. The van der Waals surface area contributed by atoms with Gasteiger partial charge < -0.3 is 4.42 Å². The number of hydrogen-bond acceptors (Lipinski definition) is 3. The zero-order valence-corrected chi connectivity index (χ0v) is 13.8. The molecular weight excluding hydrogens is 334 g/mol. The van der Waals surface area contributed by atoms with Gasteiger partial charge in [0, 0.05) is 11.9 Å². The lowest BCUT2D eigenvalue weighted by atomic mass is 10.1. The summed E-state index contributed by atoms with van der Waals surface area (Å²) in [4.78, 5) is 23.8. The number of hydrogen-bond donors (Lipinski definition) is 0. The molecule has 0 spiro atoms. The number of rotatable bonds is 7. The van der Waals surface area contributed by atoms with E-state index in [0.717, 1.165) is 43.0 Å². The quantitative estimate of drug-likeness (QED) is 0.565. The van der Waals surface area contributed by atoms with Crippen molar-refractivity contribution in [1.82, 2.24) is 4.57 Å². The van der Waals surface area contributed by atoms with E-state index in [0.29, 0.717) is 17.4 Å². The SMILES string of the molecule is CCCc1ccc2c(c1)c(=O)oc(=O)n2CCCCCBr. The van der Waals surface area contributed by atoms with Gasteiger partial charge in [0.1, 0.15) is 0 Å². The first kappa shape index (κ1) is 16.0. The third-order valence-electron chi connectivity index (χ3n) is 3.53. The smallest absolute Gasteiger partial charge is 0.372 e. The van der Waals surface area contributed by atoms with Gasteiger partial charge in [-0.05, 0) is 37.0 Å². The third-order valence-corrected chi connectivity index (χ3v) is 4.09. The molecule has 0 fully saturated rings. The van der Waals surface area contributed by atoms with Crippen LogP contribution in [0.5, 0.6) is 0 Å². The van der Waals surface area contributed by atoms with E-state index >= 15 is 0 Å². The lowest BCUT2D eigenvalue weighted by Gasteiger charge is -2.09. The molecule has 0 N–H and O–H groups in total. The topological polar surface area (TPSA) is 52.2 Å². The minimum Gasteiger partial charge on any atom is -0.372 e. The maximum atomic E-state index is 11.9. The first-order valence-electron chi connectivity index (χ1n) is 7.40. The predicted octanol–water partition coefficient (Wildman–Crippen LogP) is 3.47. The van der Waals surface area contributed by atoms with Gasteiger partial charge in [-0.1, -0.05) is 41.8 Å². The molecule has 0 radical (unpaired) electrons. The van der Waals surface area contributed by atoms with Crippen molar-refractivity contribution in [3.05, 3.63) is 44.7 Å². The highest BCUT2D eigenvalue weighted by Gasteiger charge is 2.09. The Morgan fingerprint density at radius 3 is 2.71 bits per heavy atom. The number of aryl methyl sites for hydroxylation is 2. The van der Waals surface area contributed by atoms with Crippen molar-refractivity contribution < 1.29 is 4.42 Å². The fraction of sp³-hybridized carbons (Fsp3) is 0.500. The summed E-state index contributed by atoms with van der Waals surface area (Å²) < 4.78 is 6.42. The van der Waals surface area contributed by atoms with Crippen LogP contribution in [-0.4, -0.2) is 9.90 Å². The average molecular weight is 354 g/mol. The predicted molar refractivity (Wildman–Crippen MR) is 88.4 cm³/mol. The van der Waals surface area contributed by atoms with E-state index in [4.69, 9.17) is 4.42 Å². The maximum absolute atomic E-state index is 11.9. The second kappa shape index (κ2) is 7.59. The largest absolute Gasteiger partial charge is 0.422 e. The van der Waals surface area contributed by atoms with E-state index in [1.54, 1.807) is 4.57 Å². The molecule has 4 nitrogen and oxygen atoms in total. The molecule has 0 aliphatic heterocycles. The lowest BCUT2D eigenvalue weighted by molar-refractivity contribution is 0.410. The summed E-state index contributed by atoms with van der Waals surface area (Å²) in [5.74, 6) is -0.561. The molecule has 1 aromatic heterocycles. The molecule has 1 heterocycles. The Hall–Kier alpha value is -1.36. The van der Waals surface area contributed by atoms with Gasteiger partial charge in [-0.15, -0.1) is 0 Å². The van der Waals surface area contributed by atoms with E-state index in [1.165, 1.54) is 0 Å². The van der Waals surface area contributed by atoms with E-state index in [-0.39, 0.29) is 0 Å². The molecule has 0 aliphatic rings. The molecule has 0 aliphatic carbocycles. The minimum atomic E-state index is -0.561. The maximum Gasteiger partial charge on any atom is 0.422 e. The Kier molecular flexibility index (Phi) is 5.79. The third kappa shape index (κ3) is 3.84. The molecular formula is C16H20BrNO3. The van der Waals surface area contributed by atoms with Crippen molar-refractivity contribution >= 4 is 26.8 Å². The molecule has 5 heteroatoms. The highest BCUT2D eigenvalue weighted by Crippen LogP contribution is 2.14. The van der Waals surface area contributed by atoms with Crippen LogP contribution in [0.15, 0.2) is 32.2 Å². The van der Waals surface area contributed by atoms with Crippen molar-refractivity contribution in [2.45, 2.75) is 45.6 Å². The molecule has 114 valence electrons. The van der Waals surface area contributed by atoms with Gasteiger partial charge in [-0.25, -0.2) is 9.59 Å². The van der Waals surface area contributed by atoms with E-state index < -0.39 is 11.4 Å². The van der Waals surface area contributed by atoms with Crippen LogP contribution in [0, 0.1) is 0 Å². The molecule has 0 atom stereocenters. The van der Waals surface area contributed by atoms with Crippen LogP contribution in [0.3, 0.4) is 0 Å². The Morgan fingerprint density at radius 1 is 1.19 bits per heavy atom. The molecule has 0 saturated heterocycles. The average Bonchev–Trinajstić information content (AvgIpc) is 2.47. The Morgan fingerprint density at radius 2 is 2.00 bits per heavy atom. The highest BCUT2D eigenvalue weighted by atomic mass is 79.9. The minimum absolute atomic E-state index is 0.501. The Balaban J connectivity index is 2.40. The highest BCUT2D eigenvalue weighted by molar-refractivity contribution is 9.09. The van der Waals surface area contributed by atoms with Crippen LogP contribution in [0.4, 0.5) is 0 Å². The van der Waals surface area contributed by atoms with Crippen LogP contribution in [-0.2, 0) is 13.0 Å². The number of aromatic nitrogens is 1. The fourth-order valence-electron chi connectivity index (χ4n) is 2.47. The van der Waals surface area contributed by atoms with Gasteiger partial charge in [0.25, 0.3) is 0 Å². The summed E-state index contributed by atoms with van der Waals surface area (Å²) in [7, 11) is 0. The molecule has 0 saturated carbocycles. The number of fused-ring (bicyclic) bond motifs is 1. The fourth-order valence-corrected chi connectivity index (χ4v) is 2.86. The normalized spacial score (nSPS) is 11.1. The molecule has 2 rings (SSSR count). The molecule has 0 amide bonds. The first-order chi connectivity index (χ1) is 10.2. The van der Waals surface area contributed by atoms with Crippen molar-refractivity contribution in [2.75, 3.05) is 5.33 Å². The standard InChI is InChI=1S/C16H20BrNO3/c1-2-6-12-7-8-14-13(11-12)15(19)21-16(20)18(14)10-5-3-4-9-17/h7-8,11H,2-6,9-10H2,1H3. The zero-order valence-electron chi connectivity index (χ0n) is 12.2. The number of benzene rings is 1. The van der Waals surface area contributed by atoms with Crippen molar-refractivity contribution in [2.24, 2.45) is 0 Å². The molecule has 0 bridgehead atoms. The molecule has 1 aromatic carbocycles. The second-order valence-corrected chi connectivity index (χ2v) is 5.95. The van der Waals surface area contributed by atoms with Crippen LogP contribution in [0.25, 0.3) is 10.9 Å². The summed E-state index contributed by atoms with van der Waals surface area (Å²) in [6, 6.07) is 5.70. The molecule has 21 heavy (non-hydrogen) atoms. The molecule has 2 aromatic rings. The summed E-state index contributed by atoms with van der Waals surface area (Å²) in [6.07, 6.45) is 4.93. The van der Waals surface area contributed by atoms with E-state index in [1.807, 2.05) is 18.2 Å². The van der Waals surface area contributed by atoms with Crippen LogP contribution in [0.1, 0.15) is 38.2 Å². The zero-order chi connectivity index (χ0) is 15.2. The summed E-state index contributed by atoms with van der Waals surface area (Å²) in [5.41, 5.74) is 1.24. The number of nitrogens with zero attached hydrogens (tertiary/aromatic N) is 1. The van der Waals surface area contributed by atoms with Crippen molar-refractivity contribution in [1.29, 1.82) is 0 Å². The van der Waals surface area contributed by atoms with E-state index in [2.05, 4.69) is 22.9 Å². The number of unbranched alkanes of at least 4 members (excludes halogenated alkanes) is 2. The van der Waals surface area contributed by atoms with Gasteiger partial charge >= 0.3 is 11.4 Å². The van der Waals surface area contributed by atoms with Crippen LogP contribution in [0.2, 0.25) is 0 Å². The summed E-state index contributed by atoms with van der Waals surface area (Å²) in [6.45, 7) is 2.68. The van der Waals surface area contributed by atoms with Gasteiger partial charge in [0.2, 0.25) is 0 Å². The second-order valence-electron chi connectivity index (χ2n) is 5.16. The number of halogens is 1. The Bertz CT molecular complexity index is 718. The summed E-state index contributed by atoms with van der Waals surface area (Å²) in [5, 5.41) is 1.47. The van der Waals surface area contributed by atoms with Crippen LogP contribution < -0.4 is 11.4 Å².